The van der Waals surface area contributed by atoms with Crippen molar-refractivity contribution in [1.29, 1.82) is 0 Å². The Labute approximate surface area is 152 Å². The van der Waals surface area contributed by atoms with Crippen LogP contribution in [0.25, 0.3) is 0 Å². The summed E-state index contributed by atoms with van der Waals surface area (Å²) in [6.07, 6.45) is 0. The molecular weight excluding hydrogens is 334 g/mol. The second-order valence-corrected chi connectivity index (χ2v) is 5.99. The van der Waals surface area contributed by atoms with Crippen LogP contribution in [0.5, 0.6) is 5.75 Å². The van der Waals surface area contributed by atoms with E-state index >= 15 is 0 Å². The largest absolute Gasteiger partial charge is 0.487 e. The van der Waals surface area contributed by atoms with Crippen LogP contribution >= 0.6 is 11.6 Å². The number of benzene rings is 3. The highest BCUT2D eigenvalue weighted by Crippen LogP contribution is 2.24. The number of carbonyl (C=O) groups excluding carboxylic acids is 1. The summed E-state index contributed by atoms with van der Waals surface area (Å²) in [6.45, 7) is 0.851. The SMILES string of the molecule is O=C(NCc1ccccc1)c1cccc(COc2ccccc2Cl)c1. The number of para-hydroxylation sites is 1. The van der Waals surface area contributed by atoms with Crippen molar-refractivity contribution in [3.63, 3.8) is 0 Å². The van der Waals surface area contributed by atoms with Crippen LogP contribution in [0.1, 0.15) is 21.5 Å². The molecule has 3 nitrogen and oxygen atoms in total. The Balaban J connectivity index is 1.61. The fraction of sp³-hybridized carbons (Fsp3) is 0.0952. The molecule has 0 saturated heterocycles. The molecule has 25 heavy (non-hydrogen) atoms. The highest BCUT2D eigenvalue weighted by Gasteiger charge is 2.07. The predicted molar refractivity (Wildman–Crippen MR) is 99.8 cm³/mol. The van der Waals surface area contributed by atoms with Gasteiger partial charge in [0.05, 0.1) is 5.02 Å². The molecule has 0 heterocycles. The third-order valence-electron chi connectivity index (χ3n) is 3.72. The molecule has 126 valence electrons. The molecule has 4 heteroatoms. The molecule has 3 aromatic carbocycles. The first-order valence-corrected chi connectivity index (χ1v) is 8.38. The zero-order chi connectivity index (χ0) is 17.5. The first-order chi connectivity index (χ1) is 12.2. The maximum Gasteiger partial charge on any atom is 0.251 e. The van der Waals surface area contributed by atoms with Crippen LogP contribution in [0.4, 0.5) is 0 Å². The Morgan fingerprint density at radius 2 is 1.60 bits per heavy atom. The molecule has 0 atom stereocenters. The van der Waals surface area contributed by atoms with E-state index in [-0.39, 0.29) is 5.91 Å². The van der Waals surface area contributed by atoms with E-state index in [4.69, 9.17) is 16.3 Å². The smallest absolute Gasteiger partial charge is 0.251 e. The molecule has 0 radical (unpaired) electrons. The molecule has 1 amide bonds. The number of carbonyl (C=O) groups is 1. The minimum atomic E-state index is -0.108. The van der Waals surface area contributed by atoms with Gasteiger partial charge >= 0.3 is 0 Å². The monoisotopic (exact) mass is 351 g/mol. The van der Waals surface area contributed by atoms with Crippen LogP contribution < -0.4 is 10.1 Å². The topological polar surface area (TPSA) is 38.3 Å². The Hall–Kier alpha value is -2.78. The standard InChI is InChI=1S/C21H18ClNO2/c22-19-11-4-5-12-20(19)25-15-17-9-6-10-18(13-17)21(24)23-14-16-7-2-1-3-8-16/h1-13H,14-15H2,(H,23,24). The lowest BCUT2D eigenvalue weighted by Gasteiger charge is -2.10. The van der Waals surface area contributed by atoms with E-state index in [2.05, 4.69) is 5.32 Å². The summed E-state index contributed by atoms with van der Waals surface area (Å²) in [5.74, 6) is 0.520. The summed E-state index contributed by atoms with van der Waals surface area (Å²) in [6, 6.07) is 24.5. The molecule has 0 unspecified atom stereocenters. The molecule has 1 N–H and O–H groups in total. The van der Waals surface area contributed by atoms with E-state index in [0.29, 0.717) is 29.5 Å². The minimum Gasteiger partial charge on any atom is -0.487 e. The molecule has 0 fully saturated rings. The number of hydrogen-bond acceptors (Lipinski definition) is 2. The van der Waals surface area contributed by atoms with Crippen molar-refractivity contribution >= 4 is 17.5 Å². The van der Waals surface area contributed by atoms with E-state index < -0.39 is 0 Å². The van der Waals surface area contributed by atoms with Gasteiger partial charge in [0.15, 0.2) is 0 Å². The molecule has 0 aliphatic rings. The second kappa shape index (κ2) is 8.36. The van der Waals surface area contributed by atoms with Crippen molar-refractivity contribution < 1.29 is 9.53 Å². The zero-order valence-electron chi connectivity index (χ0n) is 13.6. The van der Waals surface area contributed by atoms with Gasteiger partial charge < -0.3 is 10.1 Å². The zero-order valence-corrected chi connectivity index (χ0v) is 14.4. The molecule has 0 saturated carbocycles. The number of rotatable bonds is 6. The maximum atomic E-state index is 12.3. The van der Waals surface area contributed by atoms with E-state index in [1.54, 1.807) is 12.1 Å². The summed E-state index contributed by atoms with van der Waals surface area (Å²) >= 11 is 6.08. The van der Waals surface area contributed by atoms with Gasteiger partial charge in [0, 0.05) is 12.1 Å². The van der Waals surface area contributed by atoms with Crippen LogP contribution in [-0.4, -0.2) is 5.91 Å². The quantitative estimate of drug-likeness (QED) is 0.689. The van der Waals surface area contributed by atoms with E-state index in [1.807, 2.05) is 66.7 Å². The number of nitrogens with one attached hydrogen (secondary N) is 1. The third kappa shape index (κ3) is 4.85. The van der Waals surface area contributed by atoms with Gasteiger partial charge in [-0.25, -0.2) is 0 Å². The van der Waals surface area contributed by atoms with Crippen molar-refractivity contribution in [3.8, 4) is 5.75 Å². The molecule has 0 bridgehead atoms. The van der Waals surface area contributed by atoms with Gasteiger partial charge in [0.25, 0.3) is 5.91 Å². The van der Waals surface area contributed by atoms with Gasteiger partial charge in [-0.15, -0.1) is 0 Å². The van der Waals surface area contributed by atoms with Crippen molar-refractivity contribution in [1.82, 2.24) is 5.32 Å². The molecule has 0 aliphatic heterocycles. The third-order valence-corrected chi connectivity index (χ3v) is 4.03. The first kappa shape index (κ1) is 17.1. The Kier molecular flexibility index (Phi) is 5.70. The fourth-order valence-electron chi connectivity index (χ4n) is 2.41. The second-order valence-electron chi connectivity index (χ2n) is 5.59. The van der Waals surface area contributed by atoms with Crippen LogP contribution in [-0.2, 0) is 13.2 Å². The fourth-order valence-corrected chi connectivity index (χ4v) is 2.60. The van der Waals surface area contributed by atoms with Crippen molar-refractivity contribution in [2.45, 2.75) is 13.2 Å². The van der Waals surface area contributed by atoms with Gasteiger partial charge in [-0.2, -0.15) is 0 Å². The van der Waals surface area contributed by atoms with E-state index in [0.717, 1.165) is 11.1 Å². The summed E-state index contributed by atoms with van der Waals surface area (Å²) in [5, 5.41) is 3.49. The average Bonchev–Trinajstić information content (AvgIpc) is 2.66. The van der Waals surface area contributed by atoms with Crippen LogP contribution in [0, 0.1) is 0 Å². The molecule has 0 spiro atoms. The lowest BCUT2D eigenvalue weighted by molar-refractivity contribution is 0.0950. The Bertz CT molecular complexity index is 849. The Morgan fingerprint density at radius 1 is 0.880 bits per heavy atom. The predicted octanol–water partition coefficient (Wildman–Crippen LogP) is 4.85. The highest BCUT2D eigenvalue weighted by atomic mass is 35.5. The maximum absolute atomic E-state index is 12.3. The van der Waals surface area contributed by atoms with Crippen LogP contribution in [0.15, 0.2) is 78.9 Å². The number of ether oxygens (including phenoxy) is 1. The van der Waals surface area contributed by atoms with Crippen molar-refractivity contribution in [2.75, 3.05) is 0 Å². The molecule has 0 aromatic heterocycles. The van der Waals surface area contributed by atoms with Crippen molar-refractivity contribution in [2.24, 2.45) is 0 Å². The van der Waals surface area contributed by atoms with Gasteiger partial charge in [0.1, 0.15) is 12.4 Å². The van der Waals surface area contributed by atoms with E-state index in [1.165, 1.54) is 0 Å². The van der Waals surface area contributed by atoms with Crippen LogP contribution in [0.3, 0.4) is 0 Å². The van der Waals surface area contributed by atoms with Gasteiger partial charge in [0.2, 0.25) is 0 Å². The normalized spacial score (nSPS) is 10.3. The van der Waals surface area contributed by atoms with E-state index in [9.17, 15) is 4.79 Å². The van der Waals surface area contributed by atoms with Crippen molar-refractivity contribution in [3.05, 3.63) is 101 Å². The summed E-state index contributed by atoms with van der Waals surface area (Å²) in [5.41, 5.74) is 2.58. The van der Waals surface area contributed by atoms with Gasteiger partial charge in [-0.3, -0.25) is 4.79 Å². The molecule has 3 rings (SSSR count). The molecular formula is C21H18ClNO2. The molecule has 3 aromatic rings. The average molecular weight is 352 g/mol. The minimum absolute atomic E-state index is 0.108. The summed E-state index contributed by atoms with van der Waals surface area (Å²) < 4.78 is 5.72. The summed E-state index contributed by atoms with van der Waals surface area (Å²) in [7, 11) is 0. The lowest BCUT2D eigenvalue weighted by atomic mass is 10.1. The van der Waals surface area contributed by atoms with Crippen LogP contribution in [0.2, 0.25) is 5.02 Å². The highest BCUT2D eigenvalue weighted by molar-refractivity contribution is 6.32. The summed E-state index contributed by atoms with van der Waals surface area (Å²) in [4.78, 5) is 12.3. The first-order valence-electron chi connectivity index (χ1n) is 8.01. The Morgan fingerprint density at radius 3 is 2.40 bits per heavy atom. The van der Waals surface area contributed by atoms with Gasteiger partial charge in [-0.05, 0) is 35.4 Å². The number of hydrogen-bond donors (Lipinski definition) is 1. The number of amides is 1. The number of halogens is 1. The van der Waals surface area contributed by atoms with Gasteiger partial charge in [-0.1, -0.05) is 66.2 Å². The molecule has 0 aliphatic carbocycles. The lowest BCUT2D eigenvalue weighted by Crippen LogP contribution is -2.22.